The van der Waals surface area contributed by atoms with Crippen molar-refractivity contribution in [1.82, 2.24) is 5.32 Å². The number of carbonyl (C=O) groups is 1. The highest BCUT2D eigenvalue weighted by atomic mass is 79.9. The molecule has 116 valence electrons. The first kappa shape index (κ1) is 16.1. The van der Waals surface area contributed by atoms with Gasteiger partial charge in [-0.15, -0.1) is 0 Å². The van der Waals surface area contributed by atoms with Gasteiger partial charge in [0.05, 0.1) is 13.2 Å². The highest BCUT2D eigenvalue weighted by molar-refractivity contribution is 9.09. The number of hydrogen-bond acceptors (Lipinski definition) is 3. The third-order valence-electron chi connectivity index (χ3n) is 3.67. The highest BCUT2D eigenvalue weighted by Gasteiger charge is 2.41. The van der Waals surface area contributed by atoms with E-state index in [2.05, 4.69) is 21.2 Å². The maximum Gasteiger partial charge on any atom is 0.251 e. The molecule has 4 nitrogen and oxygen atoms in total. The number of amides is 1. The lowest BCUT2D eigenvalue weighted by Crippen LogP contribution is -2.30. The Morgan fingerprint density at radius 3 is 2.48 bits per heavy atom. The fourth-order valence-corrected chi connectivity index (χ4v) is 2.86. The van der Waals surface area contributed by atoms with Crippen molar-refractivity contribution in [1.29, 1.82) is 0 Å². The minimum Gasteiger partial charge on any atom is -0.490 e. The fourth-order valence-electron chi connectivity index (χ4n) is 2.10. The van der Waals surface area contributed by atoms with Gasteiger partial charge in [0.2, 0.25) is 0 Å². The first-order chi connectivity index (χ1) is 10.1. The normalized spacial score (nSPS) is 15.4. The molecule has 0 aromatic heterocycles. The van der Waals surface area contributed by atoms with Gasteiger partial charge in [-0.25, -0.2) is 0 Å². The third kappa shape index (κ3) is 4.13. The molecule has 1 saturated carbocycles. The lowest BCUT2D eigenvalue weighted by Gasteiger charge is -2.14. The van der Waals surface area contributed by atoms with Crippen LogP contribution in [-0.2, 0) is 0 Å². The molecule has 0 bridgehead atoms. The number of benzene rings is 1. The maximum absolute atomic E-state index is 12.2. The molecule has 5 heteroatoms. The maximum atomic E-state index is 12.2. The number of hydrogen-bond donors (Lipinski definition) is 1. The van der Waals surface area contributed by atoms with E-state index in [1.807, 2.05) is 13.8 Å². The molecule has 1 aromatic carbocycles. The van der Waals surface area contributed by atoms with Crippen molar-refractivity contribution in [2.45, 2.75) is 26.7 Å². The number of alkyl halides is 1. The summed E-state index contributed by atoms with van der Waals surface area (Å²) in [5.74, 6) is 1.23. The molecule has 1 amide bonds. The van der Waals surface area contributed by atoms with Crippen molar-refractivity contribution in [3.8, 4) is 11.5 Å². The molecule has 0 aliphatic heterocycles. The van der Waals surface area contributed by atoms with Gasteiger partial charge in [-0.05, 0) is 50.3 Å². The summed E-state index contributed by atoms with van der Waals surface area (Å²) in [6.07, 6.45) is 2.35. The van der Waals surface area contributed by atoms with Gasteiger partial charge >= 0.3 is 0 Å². The summed E-state index contributed by atoms with van der Waals surface area (Å²) in [6.45, 7) is 5.66. The van der Waals surface area contributed by atoms with E-state index < -0.39 is 0 Å². The SMILES string of the molecule is CCOc1ccc(C(=O)NCC2(CBr)CC2)cc1OCC. The largest absolute Gasteiger partial charge is 0.490 e. The molecule has 21 heavy (non-hydrogen) atoms. The topological polar surface area (TPSA) is 47.6 Å². The molecule has 1 aromatic rings. The van der Waals surface area contributed by atoms with Crippen molar-refractivity contribution in [2.75, 3.05) is 25.1 Å². The first-order valence-electron chi connectivity index (χ1n) is 7.38. The molecule has 0 atom stereocenters. The van der Waals surface area contributed by atoms with E-state index >= 15 is 0 Å². The van der Waals surface area contributed by atoms with Crippen LogP contribution >= 0.6 is 15.9 Å². The average molecular weight is 356 g/mol. The monoisotopic (exact) mass is 355 g/mol. The Morgan fingerprint density at radius 2 is 1.90 bits per heavy atom. The number of nitrogens with one attached hydrogen (secondary N) is 1. The molecule has 0 heterocycles. The Balaban J connectivity index is 2.04. The average Bonchev–Trinajstić information content (AvgIpc) is 3.28. The van der Waals surface area contributed by atoms with E-state index in [4.69, 9.17) is 9.47 Å². The summed E-state index contributed by atoms with van der Waals surface area (Å²) >= 11 is 3.51. The Labute approximate surface area is 134 Å². The van der Waals surface area contributed by atoms with Gasteiger partial charge < -0.3 is 14.8 Å². The molecule has 0 radical (unpaired) electrons. The van der Waals surface area contributed by atoms with Crippen LogP contribution in [0, 0.1) is 5.41 Å². The van der Waals surface area contributed by atoms with Crippen molar-refractivity contribution in [3.63, 3.8) is 0 Å². The Hall–Kier alpha value is -1.23. The lowest BCUT2D eigenvalue weighted by molar-refractivity contribution is 0.0946. The van der Waals surface area contributed by atoms with Gasteiger partial charge in [0, 0.05) is 17.4 Å². The predicted octanol–water partition coefficient (Wildman–Crippen LogP) is 3.39. The van der Waals surface area contributed by atoms with E-state index in [9.17, 15) is 4.79 Å². The minimum atomic E-state index is -0.0637. The first-order valence-corrected chi connectivity index (χ1v) is 8.50. The third-order valence-corrected chi connectivity index (χ3v) is 4.86. The molecule has 2 rings (SSSR count). The number of rotatable bonds is 8. The van der Waals surface area contributed by atoms with E-state index in [1.54, 1.807) is 18.2 Å². The molecule has 0 unspecified atom stereocenters. The molecule has 1 N–H and O–H groups in total. The Kier molecular flexibility index (Phi) is 5.51. The molecule has 0 saturated heterocycles. The minimum absolute atomic E-state index is 0.0637. The van der Waals surface area contributed by atoms with Crippen LogP contribution in [0.3, 0.4) is 0 Å². The zero-order valence-electron chi connectivity index (χ0n) is 12.6. The van der Waals surface area contributed by atoms with E-state index in [-0.39, 0.29) is 11.3 Å². The van der Waals surface area contributed by atoms with Gasteiger partial charge in [0.15, 0.2) is 11.5 Å². The second kappa shape index (κ2) is 7.16. The molecular formula is C16H22BrNO3. The quantitative estimate of drug-likeness (QED) is 0.727. The van der Waals surface area contributed by atoms with Crippen LogP contribution in [0.5, 0.6) is 11.5 Å². The van der Waals surface area contributed by atoms with Gasteiger partial charge in [-0.2, -0.15) is 0 Å². The zero-order chi connectivity index (χ0) is 15.3. The highest BCUT2D eigenvalue weighted by Crippen LogP contribution is 2.46. The van der Waals surface area contributed by atoms with Crippen molar-refractivity contribution in [3.05, 3.63) is 23.8 Å². The van der Waals surface area contributed by atoms with Crippen LogP contribution in [0.4, 0.5) is 0 Å². The Bertz CT molecular complexity index is 500. The van der Waals surface area contributed by atoms with Crippen molar-refractivity contribution in [2.24, 2.45) is 5.41 Å². The summed E-state index contributed by atoms with van der Waals surface area (Å²) in [6, 6.07) is 5.31. The number of ether oxygens (including phenoxy) is 2. The van der Waals surface area contributed by atoms with Crippen LogP contribution in [0.2, 0.25) is 0 Å². The van der Waals surface area contributed by atoms with Gasteiger partial charge in [-0.1, -0.05) is 15.9 Å². The predicted molar refractivity (Wildman–Crippen MR) is 86.6 cm³/mol. The standard InChI is InChI=1S/C16H22BrNO3/c1-3-20-13-6-5-12(9-14(13)21-4-2)15(19)18-11-16(10-17)7-8-16/h5-6,9H,3-4,7-8,10-11H2,1-2H3,(H,18,19). The molecule has 1 aliphatic carbocycles. The van der Waals surface area contributed by atoms with Crippen LogP contribution in [0.25, 0.3) is 0 Å². The second-order valence-corrected chi connectivity index (χ2v) is 5.90. The van der Waals surface area contributed by atoms with Gasteiger partial charge in [0.1, 0.15) is 0 Å². The number of halogens is 1. The molecule has 1 fully saturated rings. The second-order valence-electron chi connectivity index (χ2n) is 5.34. The van der Waals surface area contributed by atoms with Crippen LogP contribution < -0.4 is 14.8 Å². The van der Waals surface area contributed by atoms with Gasteiger partial charge in [-0.3, -0.25) is 4.79 Å². The molecule has 1 aliphatic rings. The summed E-state index contributed by atoms with van der Waals surface area (Å²) in [4.78, 5) is 12.2. The summed E-state index contributed by atoms with van der Waals surface area (Å²) in [7, 11) is 0. The summed E-state index contributed by atoms with van der Waals surface area (Å²) in [5.41, 5.74) is 0.871. The summed E-state index contributed by atoms with van der Waals surface area (Å²) in [5, 5.41) is 3.95. The van der Waals surface area contributed by atoms with E-state index in [1.165, 1.54) is 12.8 Å². The van der Waals surface area contributed by atoms with E-state index in [0.717, 1.165) is 5.33 Å². The molecule has 0 spiro atoms. The Morgan fingerprint density at radius 1 is 1.24 bits per heavy atom. The molecular weight excluding hydrogens is 334 g/mol. The van der Waals surface area contributed by atoms with Crippen molar-refractivity contribution < 1.29 is 14.3 Å². The van der Waals surface area contributed by atoms with Crippen LogP contribution in [-0.4, -0.2) is 31.0 Å². The van der Waals surface area contributed by atoms with E-state index in [0.29, 0.717) is 36.8 Å². The fraction of sp³-hybridized carbons (Fsp3) is 0.562. The lowest BCUT2D eigenvalue weighted by atomic mass is 10.1. The van der Waals surface area contributed by atoms with Crippen molar-refractivity contribution >= 4 is 21.8 Å². The number of carbonyl (C=O) groups excluding carboxylic acids is 1. The zero-order valence-corrected chi connectivity index (χ0v) is 14.2. The van der Waals surface area contributed by atoms with Crippen LogP contribution in [0.15, 0.2) is 18.2 Å². The van der Waals surface area contributed by atoms with Gasteiger partial charge in [0.25, 0.3) is 5.91 Å². The van der Waals surface area contributed by atoms with Crippen LogP contribution in [0.1, 0.15) is 37.0 Å². The smallest absolute Gasteiger partial charge is 0.251 e. The summed E-state index contributed by atoms with van der Waals surface area (Å²) < 4.78 is 11.0.